The van der Waals surface area contributed by atoms with Crippen LogP contribution in [0.5, 0.6) is 5.75 Å². The van der Waals surface area contributed by atoms with Gasteiger partial charge in [0, 0.05) is 26.6 Å². The third kappa shape index (κ3) is 4.74. The Balaban J connectivity index is 1.37. The molecule has 2 aromatic carbocycles. The monoisotopic (exact) mass is 378 g/mol. The van der Waals surface area contributed by atoms with Crippen molar-refractivity contribution in [3.8, 4) is 5.75 Å². The van der Waals surface area contributed by atoms with Gasteiger partial charge in [-0.2, -0.15) is 0 Å². The lowest BCUT2D eigenvalue weighted by Gasteiger charge is -2.30. The van der Waals surface area contributed by atoms with E-state index in [0.717, 1.165) is 49.9 Å². The molecule has 1 N–H and O–H groups in total. The standard InChI is InChI=1S/C24H30N2O2/c1-17(25-18(2)27)21-10-8-19(9-11-21)14-26-13-12-23-22(15-26)4-3-5-24(23)28-16-20-6-7-20/h3-5,8-11,17,20H,6-7,12-16H2,1-2H3,(H,25,27). The maximum atomic E-state index is 11.2. The number of amides is 1. The zero-order valence-electron chi connectivity index (χ0n) is 16.9. The van der Waals surface area contributed by atoms with Gasteiger partial charge >= 0.3 is 0 Å². The summed E-state index contributed by atoms with van der Waals surface area (Å²) in [6.45, 7) is 7.42. The predicted octanol–water partition coefficient (Wildman–Crippen LogP) is 4.23. The van der Waals surface area contributed by atoms with Crippen LogP contribution in [0.3, 0.4) is 0 Å². The minimum absolute atomic E-state index is 0.00374. The molecule has 28 heavy (non-hydrogen) atoms. The molecule has 4 rings (SSSR count). The number of benzene rings is 2. The van der Waals surface area contributed by atoms with Crippen LogP contribution in [0.4, 0.5) is 0 Å². The van der Waals surface area contributed by atoms with Crippen LogP contribution in [0.15, 0.2) is 42.5 Å². The first-order valence-corrected chi connectivity index (χ1v) is 10.4. The Morgan fingerprint density at radius 3 is 2.71 bits per heavy atom. The third-order valence-electron chi connectivity index (χ3n) is 5.78. The Labute approximate surface area is 167 Å². The van der Waals surface area contributed by atoms with Crippen LogP contribution in [0.25, 0.3) is 0 Å². The van der Waals surface area contributed by atoms with E-state index in [2.05, 4.69) is 52.7 Å². The summed E-state index contributed by atoms with van der Waals surface area (Å²) in [5, 5.41) is 2.94. The molecule has 0 aromatic heterocycles. The van der Waals surface area contributed by atoms with E-state index >= 15 is 0 Å². The van der Waals surface area contributed by atoms with Crippen molar-refractivity contribution in [2.75, 3.05) is 13.2 Å². The van der Waals surface area contributed by atoms with Crippen LogP contribution in [-0.4, -0.2) is 24.0 Å². The number of ether oxygens (including phenoxy) is 1. The molecule has 1 heterocycles. The Morgan fingerprint density at radius 1 is 1.21 bits per heavy atom. The molecule has 1 unspecified atom stereocenters. The smallest absolute Gasteiger partial charge is 0.217 e. The van der Waals surface area contributed by atoms with Gasteiger partial charge in [-0.3, -0.25) is 9.69 Å². The van der Waals surface area contributed by atoms with Gasteiger partial charge in [-0.15, -0.1) is 0 Å². The first kappa shape index (κ1) is 19.0. The molecule has 0 bridgehead atoms. The molecule has 0 saturated heterocycles. The number of hydrogen-bond acceptors (Lipinski definition) is 3. The lowest BCUT2D eigenvalue weighted by Crippen LogP contribution is -2.30. The highest BCUT2D eigenvalue weighted by molar-refractivity contribution is 5.73. The zero-order valence-corrected chi connectivity index (χ0v) is 16.9. The molecule has 0 radical (unpaired) electrons. The van der Waals surface area contributed by atoms with Crippen molar-refractivity contribution in [2.24, 2.45) is 5.92 Å². The maximum absolute atomic E-state index is 11.2. The van der Waals surface area contributed by atoms with Crippen molar-refractivity contribution < 1.29 is 9.53 Å². The number of fused-ring (bicyclic) bond motifs is 1. The largest absolute Gasteiger partial charge is 0.493 e. The minimum Gasteiger partial charge on any atom is -0.493 e. The normalized spacial score (nSPS) is 17.6. The highest BCUT2D eigenvalue weighted by atomic mass is 16.5. The number of carbonyl (C=O) groups excluding carboxylic acids is 1. The lowest BCUT2D eigenvalue weighted by molar-refractivity contribution is -0.119. The summed E-state index contributed by atoms with van der Waals surface area (Å²) < 4.78 is 6.10. The van der Waals surface area contributed by atoms with E-state index in [-0.39, 0.29) is 11.9 Å². The molecule has 2 aromatic rings. The Morgan fingerprint density at radius 2 is 2.00 bits per heavy atom. The van der Waals surface area contributed by atoms with Crippen LogP contribution in [-0.2, 0) is 24.3 Å². The average molecular weight is 379 g/mol. The lowest BCUT2D eigenvalue weighted by atomic mass is 9.98. The van der Waals surface area contributed by atoms with Crippen molar-refractivity contribution in [1.82, 2.24) is 10.2 Å². The topological polar surface area (TPSA) is 41.6 Å². The molecule has 148 valence electrons. The van der Waals surface area contributed by atoms with E-state index in [1.165, 1.54) is 29.5 Å². The van der Waals surface area contributed by atoms with Gasteiger partial charge in [0.2, 0.25) is 5.91 Å². The minimum atomic E-state index is 0.00374. The first-order chi connectivity index (χ1) is 13.6. The molecule has 4 heteroatoms. The van der Waals surface area contributed by atoms with E-state index in [9.17, 15) is 4.79 Å². The van der Waals surface area contributed by atoms with Gasteiger partial charge in [-0.1, -0.05) is 36.4 Å². The fourth-order valence-electron chi connectivity index (χ4n) is 3.95. The Kier molecular flexibility index (Phi) is 5.67. The quantitative estimate of drug-likeness (QED) is 0.784. The van der Waals surface area contributed by atoms with Crippen LogP contribution >= 0.6 is 0 Å². The molecule has 1 aliphatic heterocycles. The number of nitrogens with zero attached hydrogens (tertiary/aromatic N) is 1. The molecule has 1 atom stereocenters. The fraction of sp³-hybridized carbons (Fsp3) is 0.458. The summed E-state index contributed by atoms with van der Waals surface area (Å²) in [5.41, 5.74) is 5.25. The van der Waals surface area contributed by atoms with Gasteiger partial charge in [-0.25, -0.2) is 0 Å². The second-order valence-electron chi connectivity index (χ2n) is 8.27. The summed E-state index contributed by atoms with van der Waals surface area (Å²) in [6.07, 6.45) is 3.70. The highest BCUT2D eigenvalue weighted by Crippen LogP contribution is 2.33. The molecule has 4 nitrogen and oxygen atoms in total. The van der Waals surface area contributed by atoms with E-state index < -0.39 is 0 Å². The van der Waals surface area contributed by atoms with Crippen LogP contribution in [0, 0.1) is 5.92 Å². The van der Waals surface area contributed by atoms with Gasteiger partial charge in [0.1, 0.15) is 5.75 Å². The van der Waals surface area contributed by atoms with Gasteiger partial charge in [0.15, 0.2) is 0 Å². The molecular formula is C24H30N2O2. The summed E-state index contributed by atoms with van der Waals surface area (Å²) in [6, 6.07) is 15.1. The van der Waals surface area contributed by atoms with Gasteiger partial charge in [0.25, 0.3) is 0 Å². The predicted molar refractivity (Wildman–Crippen MR) is 111 cm³/mol. The second kappa shape index (κ2) is 8.36. The van der Waals surface area contributed by atoms with Crippen LogP contribution < -0.4 is 10.1 Å². The number of carbonyl (C=O) groups is 1. The summed E-state index contributed by atoms with van der Waals surface area (Å²) in [7, 11) is 0. The summed E-state index contributed by atoms with van der Waals surface area (Å²) in [5.74, 6) is 1.89. The first-order valence-electron chi connectivity index (χ1n) is 10.4. The third-order valence-corrected chi connectivity index (χ3v) is 5.78. The van der Waals surface area contributed by atoms with E-state index in [0.29, 0.717) is 0 Å². The van der Waals surface area contributed by atoms with Crippen molar-refractivity contribution in [3.63, 3.8) is 0 Å². The number of rotatable bonds is 7. The van der Waals surface area contributed by atoms with E-state index in [1.54, 1.807) is 6.92 Å². The van der Waals surface area contributed by atoms with Gasteiger partial charge in [-0.05, 0) is 60.4 Å². The maximum Gasteiger partial charge on any atom is 0.217 e. The summed E-state index contributed by atoms with van der Waals surface area (Å²) >= 11 is 0. The Bertz CT molecular complexity index is 827. The second-order valence-corrected chi connectivity index (χ2v) is 8.27. The van der Waals surface area contributed by atoms with E-state index in [1.807, 2.05) is 6.92 Å². The number of hydrogen-bond donors (Lipinski definition) is 1. The molecule has 1 aliphatic carbocycles. The van der Waals surface area contributed by atoms with Crippen LogP contribution in [0.2, 0.25) is 0 Å². The molecular weight excluding hydrogens is 348 g/mol. The van der Waals surface area contributed by atoms with Crippen molar-refractivity contribution in [2.45, 2.75) is 52.2 Å². The van der Waals surface area contributed by atoms with Crippen molar-refractivity contribution in [1.29, 1.82) is 0 Å². The van der Waals surface area contributed by atoms with Gasteiger partial charge < -0.3 is 10.1 Å². The molecule has 1 saturated carbocycles. The van der Waals surface area contributed by atoms with Crippen molar-refractivity contribution >= 4 is 5.91 Å². The molecule has 2 aliphatic rings. The highest BCUT2D eigenvalue weighted by Gasteiger charge is 2.24. The molecule has 0 spiro atoms. The molecule has 1 amide bonds. The van der Waals surface area contributed by atoms with Crippen LogP contribution in [0.1, 0.15) is 55.0 Å². The fourth-order valence-corrected chi connectivity index (χ4v) is 3.95. The SMILES string of the molecule is CC(=O)NC(C)c1ccc(CN2CCc3c(cccc3OCC3CC3)C2)cc1. The zero-order chi connectivity index (χ0) is 19.5. The van der Waals surface area contributed by atoms with Gasteiger partial charge in [0.05, 0.1) is 12.6 Å². The average Bonchev–Trinajstić information content (AvgIpc) is 3.50. The van der Waals surface area contributed by atoms with Crippen molar-refractivity contribution in [3.05, 3.63) is 64.7 Å². The number of nitrogens with one attached hydrogen (secondary N) is 1. The molecule has 1 fully saturated rings. The van der Waals surface area contributed by atoms with E-state index in [4.69, 9.17) is 4.74 Å². The Hall–Kier alpha value is -2.33. The summed E-state index contributed by atoms with van der Waals surface area (Å²) in [4.78, 5) is 13.7.